The average molecular weight is 393 g/mol. The Hall–Kier alpha value is -1.89. The molecule has 0 aliphatic carbocycles. The zero-order valence-corrected chi connectivity index (χ0v) is 15.8. The Morgan fingerprint density at radius 3 is 2.50 bits per heavy atom. The summed E-state index contributed by atoms with van der Waals surface area (Å²) in [4.78, 5) is 12.9. The maximum Gasteiger partial charge on any atom is 0.243 e. The summed E-state index contributed by atoms with van der Waals surface area (Å²) < 4.78 is 27.2. The van der Waals surface area contributed by atoms with Gasteiger partial charge in [-0.1, -0.05) is 54.4 Å². The van der Waals surface area contributed by atoms with E-state index in [4.69, 9.17) is 11.6 Å². The van der Waals surface area contributed by atoms with Gasteiger partial charge in [0.15, 0.2) is 0 Å². The molecule has 1 atom stereocenters. The molecule has 0 radical (unpaired) electrons. The minimum absolute atomic E-state index is 0.214. The highest BCUT2D eigenvalue weighted by atomic mass is 35.5. The maximum atomic E-state index is 13.0. The standard InChI is InChI=1S/C19H21ClN2O3S/c20-17-11-5-4-8-15(17)14-21-19(23)18-12-6-7-13-22(18)26(24,25)16-9-2-1-3-10-16/h1-5,8-11,18H,6-7,12-14H2,(H,21,23). The van der Waals surface area contributed by atoms with Crippen LogP contribution in [0.4, 0.5) is 0 Å². The van der Waals surface area contributed by atoms with Gasteiger partial charge in [0.05, 0.1) is 4.90 Å². The monoisotopic (exact) mass is 392 g/mol. The van der Waals surface area contributed by atoms with E-state index in [-0.39, 0.29) is 17.3 Å². The summed E-state index contributed by atoms with van der Waals surface area (Å²) in [7, 11) is -3.70. The first kappa shape index (κ1) is 18.9. The third-order valence-corrected chi connectivity index (χ3v) is 6.81. The first-order chi connectivity index (χ1) is 12.5. The summed E-state index contributed by atoms with van der Waals surface area (Å²) in [6.45, 7) is 0.621. The van der Waals surface area contributed by atoms with E-state index >= 15 is 0 Å². The molecule has 0 aromatic heterocycles. The van der Waals surface area contributed by atoms with Crippen LogP contribution in [0.5, 0.6) is 0 Å². The minimum Gasteiger partial charge on any atom is -0.351 e. The van der Waals surface area contributed by atoms with E-state index in [2.05, 4.69) is 5.32 Å². The first-order valence-electron chi connectivity index (χ1n) is 8.58. The summed E-state index contributed by atoms with van der Waals surface area (Å²) in [6.07, 6.45) is 2.09. The molecule has 1 amide bonds. The number of hydrogen-bond acceptors (Lipinski definition) is 3. The lowest BCUT2D eigenvalue weighted by molar-refractivity contribution is -0.125. The minimum atomic E-state index is -3.70. The molecule has 1 unspecified atom stereocenters. The SMILES string of the molecule is O=C(NCc1ccccc1Cl)C1CCCCN1S(=O)(=O)c1ccccc1. The molecule has 138 valence electrons. The largest absolute Gasteiger partial charge is 0.351 e. The molecule has 1 heterocycles. The second kappa shape index (κ2) is 8.20. The number of nitrogens with one attached hydrogen (secondary N) is 1. The number of carbonyl (C=O) groups excluding carboxylic acids is 1. The van der Waals surface area contributed by atoms with Crippen LogP contribution in [0.1, 0.15) is 24.8 Å². The number of hydrogen-bond donors (Lipinski definition) is 1. The number of sulfonamides is 1. The quantitative estimate of drug-likeness (QED) is 0.849. The Kier molecular flexibility index (Phi) is 5.96. The Morgan fingerprint density at radius 1 is 1.08 bits per heavy atom. The summed E-state index contributed by atoms with van der Waals surface area (Å²) in [5, 5.41) is 3.41. The van der Waals surface area contributed by atoms with E-state index in [0.29, 0.717) is 18.0 Å². The van der Waals surface area contributed by atoms with Crippen LogP contribution >= 0.6 is 11.6 Å². The Morgan fingerprint density at radius 2 is 1.77 bits per heavy atom. The lowest BCUT2D eigenvalue weighted by Gasteiger charge is -2.33. The van der Waals surface area contributed by atoms with Crippen molar-refractivity contribution in [1.29, 1.82) is 0 Å². The molecule has 1 N–H and O–H groups in total. The molecule has 0 bridgehead atoms. The van der Waals surface area contributed by atoms with E-state index < -0.39 is 16.1 Å². The van der Waals surface area contributed by atoms with Gasteiger partial charge in [-0.3, -0.25) is 4.79 Å². The van der Waals surface area contributed by atoms with Crippen LogP contribution in [0.3, 0.4) is 0 Å². The predicted molar refractivity (Wildman–Crippen MR) is 101 cm³/mol. The third-order valence-electron chi connectivity index (χ3n) is 4.52. The van der Waals surface area contributed by atoms with Crippen molar-refractivity contribution in [1.82, 2.24) is 9.62 Å². The van der Waals surface area contributed by atoms with E-state index in [9.17, 15) is 13.2 Å². The molecule has 26 heavy (non-hydrogen) atoms. The van der Waals surface area contributed by atoms with Crippen LogP contribution in [0.15, 0.2) is 59.5 Å². The van der Waals surface area contributed by atoms with Crippen molar-refractivity contribution in [2.24, 2.45) is 0 Å². The molecule has 1 fully saturated rings. The lowest BCUT2D eigenvalue weighted by atomic mass is 10.0. The third kappa shape index (κ3) is 4.09. The average Bonchev–Trinajstić information content (AvgIpc) is 2.68. The van der Waals surface area contributed by atoms with Crippen LogP contribution in [-0.2, 0) is 21.4 Å². The van der Waals surface area contributed by atoms with E-state index in [1.807, 2.05) is 18.2 Å². The molecule has 2 aromatic carbocycles. The van der Waals surface area contributed by atoms with Crippen molar-refractivity contribution in [3.63, 3.8) is 0 Å². The molecular weight excluding hydrogens is 372 g/mol. The molecule has 2 aromatic rings. The van der Waals surface area contributed by atoms with Crippen LogP contribution in [0, 0.1) is 0 Å². The summed E-state index contributed by atoms with van der Waals surface area (Å²) in [5.74, 6) is -0.288. The number of rotatable bonds is 5. The van der Waals surface area contributed by atoms with Gasteiger partial charge in [0.25, 0.3) is 0 Å². The van der Waals surface area contributed by atoms with Gasteiger partial charge in [0.2, 0.25) is 15.9 Å². The fourth-order valence-electron chi connectivity index (χ4n) is 3.12. The number of carbonyl (C=O) groups is 1. The molecule has 0 saturated carbocycles. The van der Waals surface area contributed by atoms with Crippen molar-refractivity contribution in [2.75, 3.05) is 6.54 Å². The van der Waals surface area contributed by atoms with Gasteiger partial charge in [-0.2, -0.15) is 4.31 Å². The molecule has 0 spiro atoms. The lowest BCUT2D eigenvalue weighted by Crippen LogP contribution is -2.51. The van der Waals surface area contributed by atoms with Gasteiger partial charge in [-0.15, -0.1) is 0 Å². The molecule has 1 aliphatic heterocycles. The summed E-state index contributed by atoms with van der Waals surface area (Å²) >= 11 is 6.12. The number of benzene rings is 2. The fourth-order valence-corrected chi connectivity index (χ4v) is 5.00. The molecule has 1 saturated heterocycles. The zero-order chi connectivity index (χ0) is 18.6. The van der Waals surface area contributed by atoms with Gasteiger partial charge in [0.1, 0.15) is 6.04 Å². The fraction of sp³-hybridized carbons (Fsp3) is 0.316. The number of amides is 1. The van der Waals surface area contributed by atoms with Crippen LogP contribution in [0.25, 0.3) is 0 Å². The van der Waals surface area contributed by atoms with E-state index in [1.165, 1.54) is 4.31 Å². The highest BCUT2D eigenvalue weighted by Crippen LogP contribution is 2.25. The van der Waals surface area contributed by atoms with Gasteiger partial charge >= 0.3 is 0 Å². The summed E-state index contributed by atoms with van der Waals surface area (Å²) in [6, 6.07) is 14.8. The Bertz CT molecular complexity index is 871. The van der Waals surface area contributed by atoms with E-state index in [0.717, 1.165) is 18.4 Å². The smallest absolute Gasteiger partial charge is 0.243 e. The van der Waals surface area contributed by atoms with Crippen molar-refractivity contribution in [2.45, 2.75) is 36.7 Å². The molecule has 5 nitrogen and oxygen atoms in total. The number of piperidine rings is 1. The van der Waals surface area contributed by atoms with Gasteiger partial charge in [-0.25, -0.2) is 8.42 Å². The second-order valence-electron chi connectivity index (χ2n) is 6.25. The first-order valence-corrected chi connectivity index (χ1v) is 10.4. The number of nitrogens with zero attached hydrogens (tertiary/aromatic N) is 1. The topological polar surface area (TPSA) is 66.5 Å². The molecule has 7 heteroatoms. The number of halogens is 1. The van der Waals surface area contributed by atoms with Crippen molar-refractivity contribution in [3.05, 3.63) is 65.2 Å². The van der Waals surface area contributed by atoms with Crippen LogP contribution < -0.4 is 5.32 Å². The van der Waals surface area contributed by atoms with Crippen LogP contribution in [-0.4, -0.2) is 31.2 Å². The zero-order valence-electron chi connectivity index (χ0n) is 14.3. The van der Waals surface area contributed by atoms with Crippen molar-refractivity contribution >= 4 is 27.5 Å². The highest BCUT2D eigenvalue weighted by molar-refractivity contribution is 7.89. The Balaban J connectivity index is 1.76. The molecular formula is C19H21ClN2O3S. The molecule has 3 rings (SSSR count). The van der Waals surface area contributed by atoms with E-state index in [1.54, 1.807) is 36.4 Å². The van der Waals surface area contributed by atoms with Gasteiger partial charge < -0.3 is 5.32 Å². The van der Waals surface area contributed by atoms with Gasteiger partial charge in [0, 0.05) is 18.1 Å². The van der Waals surface area contributed by atoms with Crippen LogP contribution in [0.2, 0.25) is 5.02 Å². The highest BCUT2D eigenvalue weighted by Gasteiger charge is 2.37. The Labute approximate surface area is 159 Å². The second-order valence-corrected chi connectivity index (χ2v) is 8.55. The maximum absolute atomic E-state index is 13.0. The molecule has 1 aliphatic rings. The normalized spacial score (nSPS) is 18.4. The van der Waals surface area contributed by atoms with Crippen molar-refractivity contribution in [3.8, 4) is 0 Å². The summed E-state index contributed by atoms with van der Waals surface area (Å²) in [5.41, 5.74) is 0.802. The predicted octanol–water partition coefficient (Wildman–Crippen LogP) is 3.20. The van der Waals surface area contributed by atoms with Gasteiger partial charge in [-0.05, 0) is 36.6 Å². The van der Waals surface area contributed by atoms with Crippen molar-refractivity contribution < 1.29 is 13.2 Å².